The van der Waals surface area contributed by atoms with E-state index < -0.39 is 0 Å². The van der Waals surface area contributed by atoms with Crippen LogP contribution in [0.3, 0.4) is 0 Å². The van der Waals surface area contributed by atoms with Crippen molar-refractivity contribution in [2.24, 2.45) is 0 Å². The predicted molar refractivity (Wildman–Crippen MR) is 194 cm³/mol. The van der Waals surface area contributed by atoms with Gasteiger partial charge in [0.15, 0.2) is 0 Å². The highest BCUT2D eigenvalue weighted by molar-refractivity contribution is 6.18. The lowest BCUT2D eigenvalue weighted by molar-refractivity contribution is 0.570. The zero-order valence-corrected chi connectivity index (χ0v) is 25.2. The number of benzene rings is 7. The Hall–Kier alpha value is -6.39. The summed E-state index contributed by atoms with van der Waals surface area (Å²) < 4.78 is 10.4. The fraction of sp³-hybridized carbons (Fsp3) is 0. The van der Waals surface area contributed by atoms with Gasteiger partial charge in [0.25, 0.3) is 0 Å². The summed E-state index contributed by atoms with van der Waals surface area (Å²) in [6.45, 7) is 0. The summed E-state index contributed by atoms with van der Waals surface area (Å²) in [7, 11) is 0. The lowest BCUT2D eigenvalue weighted by Gasteiger charge is -2.09. The number of fused-ring (bicyclic) bond motifs is 9. The van der Waals surface area contributed by atoms with Gasteiger partial charge in [-0.25, -0.2) is 4.79 Å². The second kappa shape index (κ2) is 9.80. The Bertz CT molecular complexity index is 2910. The fourth-order valence-corrected chi connectivity index (χ4v) is 7.43. The molecule has 0 aliphatic carbocycles. The van der Waals surface area contributed by atoms with Crippen LogP contribution in [-0.2, 0) is 0 Å². The van der Waals surface area contributed by atoms with E-state index in [0.717, 1.165) is 55.1 Å². The van der Waals surface area contributed by atoms with E-state index in [9.17, 15) is 4.79 Å². The largest absolute Gasteiger partial charge is 0.422 e. The molecule has 3 heterocycles. The molecule has 220 valence electrons. The molecule has 0 amide bonds. The Labute approximate surface area is 268 Å². The van der Waals surface area contributed by atoms with Crippen LogP contribution < -0.4 is 5.63 Å². The van der Waals surface area contributed by atoms with Crippen LogP contribution in [0.25, 0.3) is 87.9 Å². The number of nitrogens with zero attached hydrogens (tertiary/aromatic N) is 2. The number of para-hydroxylation sites is 4. The van der Waals surface area contributed by atoms with Crippen molar-refractivity contribution >= 4 is 65.4 Å². The van der Waals surface area contributed by atoms with Gasteiger partial charge < -0.3 is 13.6 Å². The van der Waals surface area contributed by atoms with Gasteiger partial charge in [-0.2, -0.15) is 0 Å². The van der Waals surface area contributed by atoms with Gasteiger partial charge in [0.2, 0.25) is 0 Å². The van der Waals surface area contributed by atoms with Gasteiger partial charge >= 0.3 is 5.63 Å². The van der Waals surface area contributed by atoms with Crippen molar-refractivity contribution in [1.82, 2.24) is 9.13 Å². The summed E-state index contributed by atoms with van der Waals surface area (Å²) in [5.41, 5.74) is 9.24. The van der Waals surface area contributed by atoms with Crippen molar-refractivity contribution in [3.8, 4) is 22.5 Å². The molecule has 0 saturated carbocycles. The molecule has 0 spiro atoms. The second-order valence-electron chi connectivity index (χ2n) is 12.1. The molecule has 0 bridgehead atoms. The van der Waals surface area contributed by atoms with Crippen molar-refractivity contribution in [3.63, 3.8) is 0 Å². The van der Waals surface area contributed by atoms with E-state index in [1.165, 1.54) is 21.8 Å². The van der Waals surface area contributed by atoms with E-state index in [2.05, 4.69) is 130 Å². The maximum absolute atomic E-state index is 13.3. The normalized spacial score (nSPS) is 11.9. The van der Waals surface area contributed by atoms with Crippen molar-refractivity contribution in [2.75, 3.05) is 0 Å². The molecule has 10 rings (SSSR count). The molecular formula is C43H26N2O2. The van der Waals surface area contributed by atoms with Crippen LogP contribution in [0, 0.1) is 0 Å². The summed E-state index contributed by atoms with van der Waals surface area (Å²) >= 11 is 0. The summed E-state index contributed by atoms with van der Waals surface area (Å²) in [6, 6.07) is 54.9. The zero-order valence-electron chi connectivity index (χ0n) is 25.2. The average molecular weight is 603 g/mol. The molecule has 4 nitrogen and oxygen atoms in total. The maximum atomic E-state index is 13.3. The third-order valence-corrected chi connectivity index (χ3v) is 9.54. The summed E-state index contributed by atoms with van der Waals surface area (Å²) in [4.78, 5) is 13.3. The molecule has 7 aromatic carbocycles. The van der Waals surface area contributed by atoms with E-state index in [1.807, 2.05) is 36.4 Å². The topological polar surface area (TPSA) is 40.1 Å². The highest BCUT2D eigenvalue weighted by Crippen LogP contribution is 2.39. The molecule has 4 heteroatoms. The molecule has 47 heavy (non-hydrogen) atoms. The Morgan fingerprint density at radius 3 is 1.55 bits per heavy atom. The van der Waals surface area contributed by atoms with Crippen LogP contribution in [0.1, 0.15) is 0 Å². The van der Waals surface area contributed by atoms with Crippen molar-refractivity contribution in [1.29, 1.82) is 0 Å². The quantitative estimate of drug-likeness (QED) is 0.149. The molecule has 10 aromatic rings. The second-order valence-corrected chi connectivity index (χ2v) is 12.1. The minimum atomic E-state index is -0.322. The van der Waals surface area contributed by atoms with E-state index in [-0.39, 0.29) is 5.63 Å². The van der Waals surface area contributed by atoms with E-state index in [1.54, 1.807) is 0 Å². The maximum Gasteiger partial charge on any atom is 0.344 e. The first kappa shape index (κ1) is 25.9. The van der Waals surface area contributed by atoms with Crippen molar-refractivity contribution < 1.29 is 4.42 Å². The number of rotatable bonds is 3. The van der Waals surface area contributed by atoms with Gasteiger partial charge in [0.05, 0.1) is 27.5 Å². The van der Waals surface area contributed by atoms with Gasteiger partial charge in [-0.05, 0) is 83.9 Å². The fourth-order valence-electron chi connectivity index (χ4n) is 7.43. The van der Waals surface area contributed by atoms with Crippen molar-refractivity contribution in [3.05, 3.63) is 168 Å². The van der Waals surface area contributed by atoms with Crippen LogP contribution in [-0.4, -0.2) is 9.13 Å². The Kier molecular flexibility index (Phi) is 5.40. The van der Waals surface area contributed by atoms with Crippen LogP contribution in [0.5, 0.6) is 0 Å². The first-order valence-electron chi connectivity index (χ1n) is 15.8. The highest BCUT2D eigenvalue weighted by atomic mass is 16.4. The number of hydrogen-bond acceptors (Lipinski definition) is 2. The minimum absolute atomic E-state index is 0.322. The smallest absolute Gasteiger partial charge is 0.344 e. The molecule has 0 fully saturated rings. The Morgan fingerprint density at radius 2 is 0.872 bits per heavy atom. The first-order valence-corrected chi connectivity index (χ1v) is 15.8. The lowest BCUT2D eigenvalue weighted by Crippen LogP contribution is -2.00. The van der Waals surface area contributed by atoms with Crippen LogP contribution in [0.2, 0.25) is 0 Å². The van der Waals surface area contributed by atoms with Crippen LogP contribution in [0.4, 0.5) is 0 Å². The third-order valence-electron chi connectivity index (χ3n) is 9.54. The minimum Gasteiger partial charge on any atom is -0.422 e. The van der Waals surface area contributed by atoms with Crippen LogP contribution in [0.15, 0.2) is 167 Å². The molecule has 0 atom stereocenters. The Morgan fingerprint density at radius 1 is 0.362 bits per heavy atom. The average Bonchev–Trinajstić information content (AvgIpc) is 3.63. The molecule has 0 aliphatic rings. The van der Waals surface area contributed by atoms with E-state index in [4.69, 9.17) is 4.42 Å². The van der Waals surface area contributed by atoms with Gasteiger partial charge in [-0.15, -0.1) is 0 Å². The monoisotopic (exact) mass is 602 g/mol. The van der Waals surface area contributed by atoms with E-state index >= 15 is 0 Å². The predicted octanol–water partition coefficient (Wildman–Crippen LogP) is 10.8. The molecular weight excluding hydrogens is 576 g/mol. The molecule has 0 radical (unpaired) electrons. The number of aromatic nitrogens is 2. The highest BCUT2D eigenvalue weighted by Gasteiger charge is 2.18. The van der Waals surface area contributed by atoms with Gasteiger partial charge in [0.1, 0.15) is 5.58 Å². The van der Waals surface area contributed by atoms with E-state index in [0.29, 0.717) is 11.0 Å². The lowest BCUT2D eigenvalue weighted by atomic mass is 9.99. The zero-order chi connectivity index (χ0) is 31.1. The molecule has 0 saturated heterocycles. The molecule has 0 unspecified atom stereocenters. The third kappa shape index (κ3) is 3.79. The van der Waals surface area contributed by atoms with Gasteiger partial charge in [-0.3, -0.25) is 0 Å². The van der Waals surface area contributed by atoms with Crippen LogP contribution >= 0.6 is 0 Å². The van der Waals surface area contributed by atoms with Gasteiger partial charge in [-0.1, -0.05) is 84.9 Å². The first-order chi connectivity index (χ1) is 23.2. The summed E-state index contributed by atoms with van der Waals surface area (Å²) in [5.74, 6) is 0. The Balaban J connectivity index is 1.25. The SMILES string of the molecule is O=c1oc2ccccc2c2cc3c(cc12)c1cc(-c2ccc4c(c2)c2ccccc2n4-c2ccccc2)ccc1n3-c1ccccc1. The van der Waals surface area contributed by atoms with Crippen molar-refractivity contribution in [2.45, 2.75) is 0 Å². The van der Waals surface area contributed by atoms with Gasteiger partial charge in [0, 0.05) is 43.7 Å². The molecule has 3 aromatic heterocycles. The molecule has 0 N–H and O–H groups in total. The molecule has 0 aliphatic heterocycles. The summed E-state index contributed by atoms with van der Waals surface area (Å²) in [5, 5.41) is 6.95. The standard InChI is InChI=1S/C43H26N2O2/c46-43-37-25-36-35-24-28(27-19-21-39-34(23-27)31-15-7-9-17-38(31)44(39)29-11-3-1-4-12-29)20-22-40(35)45(30-13-5-2-6-14-30)41(36)26-33(37)32-16-8-10-18-42(32)47-43/h1-26H. The summed E-state index contributed by atoms with van der Waals surface area (Å²) in [6.07, 6.45) is 0. The number of hydrogen-bond donors (Lipinski definition) is 0.